The van der Waals surface area contributed by atoms with E-state index in [1.165, 1.54) is 25.9 Å². The quantitative estimate of drug-likeness (QED) is 0.547. The second-order valence-electron chi connectivity index (χ2n) is 2.51. The Labute approximate surface area is 59.1 Å². The predicted octanol–water partition coefficient (Wildman–Crippen LogP) is 1.94. The summed E-state index contributed by atoms with van der Waals surface area (Å²) in [5.74, 6) is 0. The van der Waals surface area contributed by atoms with Gasteiger partial charge in [-0.25, -0.2) is 0 Å². The molecule has 0 atom stereocenters. The highest BCUT2D eigenvalue weighted by molar-refractivity contribution is 4.50. The molecule has 0 heterocycles. The Morgan fingerprint density at radius 2 is 2.00 bits per heavy atom. The molecule has 0 aliphatic heterocycles. The van der Waals surface area contributed by atoms with Gasteiger partial charge in [0, 0.05) is 0 Å². The second-order valence-corrected chi connectivity index (χ2v) is 2.51. The van der Waals surface area contributed by atoms with Gasteiger partial charge < -0.3 is 4.90 Å². The van der Waals surface area contributed by atoms with Crippen molar-refractivity contribution < 1.29 is 0 Å². The molecule has 0 fully saturated rings. The molecular weight excluding hydrogens is 110 g/mol. The van der Waals surface area contributed by atoms with Gasteiger partial charge in [0.15, 0.2) is 0 Å². The molecule has 0 unspecified atom stereocenters. The maximum Gasteiger partial charge on any atom is -0.00218 e. The summed E-state index contributed by atoms with van der Waals surface area (Å²) >= 11 is 0. The minimum absolute atomic E-state index is 1.06. The van der Waals surface area contributed by atoms with Crippen LogP contribution in [0.25, 0.3) is 0 Å². The molecule has 0 saturated carbocycles. The maximum absolute atomic E-state index is 3.79. The van der Waals surface area contributed by atoms with Crippen molar-refractivity contribution in [1.29, 1.82) is 0 Å². The Balaban J connectivity index is 2.95. The zero-order valence-corrected chi connectivity index (χ0v) is 6.69. The minimum Gasteiger partial charge on any atom is -0.306 e. The lowest BCUT2D eigenvalue weighted by molar-refractivity contribution is 0.331. The van der Waals surface area contributed by atoms with Gasteiger partial charge in [-0.2, -0.15) is 0 Å². The number of unbranched alkanes of at least 4 members (excludes halogenated alkanes) is 1. The van der Waals surface area contributed by atoms with Crippen LogP contribution in [0.15, 0.2) is 0 Å². The lowest BCUT2D eigenvalue weighted by Gasteiger charge is -2.13. The van der Waals surface area contributed by atoms with Gasteiger partial charge in [-0.3, -0.25) is 0 Å². The highest BCUT2D eigenvalue weighted by atomic mass is 15.1. The Bertz CT molecular complexity index is 52.5. The van der Waals surface area contributed by atoms with Crippen molar-refractivity contribution in [2.24, 2.45) is 0 Å². The fourth-order valence-electron chi connectivity index (χ4n) is 0.875. The van der Waals surface area contributed by atoms with Crippen molar-refractivity contribution >= 4 is 0 Å². The Morgan fingerprint density at radius 1 is 1.33 bits per heavy atom. The molecule has 1 nitrogen and oxygen atoms in total. The molecule has 1 heteroatoms. The molecule has 0 bridgehead atoms. The van der Waals surface area contributed by atoms with E-state index in [4.69, 9.17) is 0 Å². The van der Waals surface area contributed by atoms with E-state index < -0.39 is 0 Å². The van der Waals surface area contributed by atoms with E-state index in [1.807, 2.05) is 0 Å². The molecule has 9 heavy (non-hydrogen) atoms. The summed E-state index contributed by atoms with van der Waals surface area (Å²) in [4.78, 5) is 2.35. The Morgan fingerprint density at radius 3 is 2.44 bits per heavy atom. The monoisotopic (exact) mass is 128 g/mol. The number of hydrogen-bond donors (Lipinski definition) is 0. The van der Waals surface area contributed by atoms with Gasteiger partial charge in [0.2, 0.25) is 0 Å². The standard InChI is InChI=1S/C8H18N/c1-4-6-8-9(3)7-5-2/h1,4-8H2,2-3H3. The first kappa shape index (κ1) is 8.96. The van der Waals surface area contributed by atoms with Crippen LogP contribution >= 0.6 is 0 Å². The van der Waals surface area contributed by atoms with Crippen LogP contribution in [0, 0.1) is 6.92 Å². The van der Waals surface area contributed by atoms with Gasteiger partial charge in [-0.05, 0) is 33.0 Å². The summed E-state index contributed by atoms with van der Waals surface area (Å²) in [6.45, 7) is 8.43. The minimum atomic E-state index is 1.06. The van der Waals surface area contributed by atoms with Crippen LogP contribution in [0.2, 0.25) is 0 Å². The molecule has 0 rings (SSSR count). The molecule has 0 aromatic rings. The molecule has 0 aromatic carbocycles. The smallest absolute Gasteiger partial charge is 0.00218 e. The maximum atomic E-state index is 3.79. The first-order valence-electron chi connectivity index (χ1n) is 3.79. The molecule has 0 aromatic heterocycles. The van der Waals surface area contributed by atoms with E-state index in [1.54, 1.807) is 0 Å². The van der Waals surface area contributed by atoms with Crippen molar-refractivity contribution in [1.82, 2.24) is 4.90 Å². The molecule has 55 valence electrons. The number of rotatable bonds is 5. The normalized spacial score (nSPS) is 10.7. The summed E-state index contributed by atoms with van der Waals surface area (Å²) < 4.78 is 0. The molecule has 0 saturated heterocycles. The number of nitrogens with zero attached hydrogens (tertiary/aromatic N) is 1. The molecule has 0 aliphatic rings. The van der Waals surface area contributed by atoms with Crippen LogP contribution in [0.5, 0.6) is 0 Å². The van der Waals surface area contributed by atoms with E-state index in [-0.39, 0.29) is 0 Å². The highest BCUT2D eigenvalue weighted by Gasteiger charge is 1.92. The molecule has 0 N–H and O–H groups in total. The predicted molar refractivity (Wildman–Crippen MR) is 42.4 cm³/mol. The third-order valence-electron chi connectivity index (χ3n) is 1.40. The average molecular weight is 128 g/mol. The molecule has 0 spiro atoms. The summed E-state index contributed by atoms with van der Waals surface area (Å²) in [7, 11) is 2.17. The molecular formula is C8H18N. The van der Waals surface area contributed by atoms with Crippen molar-refractivity contribution in [2.45, 2.75) is 26.2 Å². The van der Waals surface area contributed by atoms with Gasteiger partial charge in [0.05, 0.1) is 0 Å². The number of hydrogen-bond acceptors (Lipinski definition) is 1. The summed E-state index contributed by atoms with van der Waals surface area (Å²) in [6.07, 6.45) is 3.55. The van der Waals surface area contributed by atoms with E-state index in [9.17, 15) is 0 Å². The third kappa shape index (κ3) is 5.84. The van der Waals surface area contributed by atoms with Crippen LogP contribution in [0.3, 0.4) is 0 Å². The van der Waals surface area contributed by atoms with Crippen LogP contribution in [0.1, 0.15) is 26.2 Å². The first-order chi connectivity index (χ1) is 4.31. The first-order valence-corrected chi connectivity index (χ1v) is 3.79. The fraction of sp³-hybridized carbons (Fsp3) is 0.875. The fourth-order valence-corrected chi connectivity index (χ4v) is 0.875. The van der Waals surface area contributed by atoms with Crippen LogP contribution in [-0.4, -0.2) is 25.0 Å². The van der Waals surface area contributed by atoms with Crippen LogP contribution < -0.4 is 0 Å². The zero-order valence-electron chi connectivity index (χ0n) is 6.69. The van der Waals surface area contributed by atoms with Gasteiger partial charge in [0.25, 0.3) is 0 Å². The summed E-state index contributed by atoms with van der Waals surface area (Å²) in [5, 5.41) is 0. The average Bonchev–Trinajstić information content (AvgIpc) is 1.85. The highest BCUT2D eigenvalue weighted by Crippen LogP contribution is 1.91. The zero-order chi connectivity index (χ0) is 7.11. The van der Waals surface area contributed by atoms with E-state index in [0.717, 1.165) is 6.42 Å². The SMILES string of the molecule is [CH2]CCCN(C)CCC. The largest absolute Gasteiger partial charge is 0.306 e. The Hall–Kier alpha value is -0.0400. The Kier molecular flexibility index (Phi) is 6.06. The molecule has 0 aliphatic carbocycles. The van der Waals surface area contributed by atoms with Gasteiger partial charge >= 0.3 is 0 Å². The van der Waals surface area contributed by atoms with E-state index >= 15 is 0 Å². The van der Waals surface area contributed by atoms with Crippen LogP contribution in [0.4, 0.5) is 0 Å². The molecule has 0 amide bonds. The van der Waals surface area contributed by atoms with Crippen LogP contribution in [-0.2, 0) is 0 Å². The van der Waals surface area contributed by atoms with Crippen molar-refractivity contribution in [3.63, 3.8) is 0 Å². The van der Waals surface area contributed by atoms with Crippen molar-refractivity contribution in [3.05, 3.63) is 6.92 Å². The lowest BCUT2D eigenvalue weighted by atomic mass is 10.3. The van der Waals surface area contributed by atoms with Gasteiger partial charge in [0.1, 0.15) is 0 Å². The van der Waals surface area contributed by atoms with Crippen molar-refractivity contribution in [3.8, 4) is 0 Å². The van der Waals surface area contributed by atoms with Crippen molar-refractivity contribution in [2.75, 3.05) is 20.1 Å². The van der Waals surface area contributed by atoms with E-state index in [0.29, 0.717) is 0 Å². The van der Waals surface area contributed by atoms with E-state index in [2.05, 4.69) is 25.8 Å². The summed E-state index contributed by atoms with van der Waals surface area (Å²) in [5.41, 5.74) is 0. The summed E-state index contributed by atoms with van der Waals surface area (Å²) in [6, 6.07) is 0. The second kappa shape index (κ2) is 6.09. The van der Waals surface area contributed by atoms with Gasteiger partial charge in [-0.15, -0.1) is 0 Å². The molecule has 1 radical (unpaired) electrons. The third-order valence-corrected chi connectivity index (χ3v) is 1.40. The van der Waals surface area contributed by atoms with Gasteiger partial charge in [-0.1, -0.05) is 20.3 Å². The topological polar surface area (TPSA) is 3.24 Å². The lowest BCUT2D eigenvalue weighted by Crippen LogP contribution is -2.19.